The number of hydrogen-bond acceptors (Lipinski definition) is 3. The fourth-order valence-corrected chi connectivity index (χ4v) is 3.78. The van der Waals surface area contributed by atoms with Gasteiger partial charge >= 0.3 is 0 Å². The number of rotatable bonds is 6. The van der Waals surface area contributed by atoms with Crippen LogP contribution in [-0.4, -0.2) is 66.7 Å². The van der Waals surface area contributed by atoms with Crippen LogP contribution in [0.15, 0.2) is 0 Å². The molecule has 2 rings (SSSR count). The smallest absolute Gasteiger partial charge is 0.0829 e. The summed E-state index contributed by atoms with van der Waals surface area (Å²) in [7, 11) is 0. The Bertz CT molecular complexity index is 269. The van der Waals surface area contributed by atoms with E-state index in [0.717, 1.165) is 44.7 Å². The second kappa shape index (κ2) is 8.57. The topological polar surface area (TPSA) is 15.7 Å². The zero-order valence-electron chi connectivity index (χ0n) is 13.2. The first kappa shape index (κ1) is 16.5. The van der Waals surface area contributed by atoms with Crippen molar-refractivity contribution in [3.8, 4) is 0 Å². The van der Waals surface area contributed by atoms with Crippen LogP contribution in [-0.2, 0) is 4.74 Å². The zero-order chi connectivity index (χ0) is 14.4. The summed E-state index contributed by atoms with van der Waals surface area (Å²) >= 11 is 6.02. The molecule has 0 amide bonds. The van der Waals surface area contributed by atoms with Gasteiger partial charge in [0.2, 0.25) is 0 Å². The van der Waals surface area contributed by atoms with Crippen LogP contribution in [0.5, 0.6) is 0 Å². The highest BCUT2D eigenvalue weighted by molar-refractivity contribution is 6.18. The molecule has 0 aromatic carbocycles. The lowest BCUT2D eigenvalue weighted by Crippen LogP contribution is -2.52. The van der Waals surface area contributed by atoms with E-state index in [4.69, 9.17) is 16.3 Å². The molecule has 1 atom stereocenters. The highest BCUT2D eigenvalue weighted by Gasteiger charge is 2.27. The van der Waals surface area contributed by atoms with Gasteiger partial charge < -0.3 is 4.74 Å². The Kier molecular flexibility index (Phi) is 7.09. The molecule has 3 nitrogen and oxygen atoms in total. The summed E-state index contributed by atoms with van der Waals surface area (Å²) in [5.41, 5.74) is 0. The Morgan fingerprint density at radius 3 is 2.65 bits per heavy atom. The minimum atomic E-state index is 0.358. The predicted octanol–water partition coefficient (Wildman–Crippen LogP) is 2.97. The van der Waals surface area contributed by atoms with Gasteiger partial charge in [-0.25, -0.2) is 0 Å². The van der Waals surface area contributed by atoms with Gasteiger partial charge in [0.25, 0.3) is 0 Å². The lowest BCUT2D eigenvalue weighted by atomic mass is 9.94. The molecule has 4 heteroatoms. The molecule has 0 aromatic rings. The Morgan fingerprint density at radius 1 is 1.25 bits per heavy atom. The largest absolute Gasteiger partial charge is 0.374 e. The van der Waals surface area contributed by atoms with Crippen LogP contribution in [0.2, 0.25) is 0 Å². The Labute approximate surface area is 129 Å². The van der Waals surface area contributed by atoms with E-state index in [2.05, 4.69) is 23.6 Å². The summed E-state index contributed by atoms with van der Waals surface area (Å²) in [6.45, 7) is 9.65. The van der Waals surface area contributed by atoms with Gasteiger partial charge in [-0.1, -0.05) is 19.3 Å². The van der Waals surface area contributed by atoms with E-state index in [-0.39, 0.29) is 0 Å². The third-order valence-corrected chi connectivity index (χ3v) is 4.97. The van der Waals surface area contributed by atoms with Crippen LogP contribution < -0.4 is 0 Å². The van der Waals surface area contributed by atoms with Crippen LogP contribution in [0.3, 0.4) is 0 Å². The van der Waals surface area contributed by atoms with E-state index in [1.807, 2.05) is 0 Å². The molecule has 118 valence electrons. The van der Waals surface area contributed by atoms with Crippen LogP contribution in [0.1, 0.15) is 46.0 Å². The van der Waals surface area contributed by atoms with E-state index < -0.39 is 0 Å². The van der Waals surface area contributed by atoms with Gasteiger partial charge in [-0.15, -0.1) is 11.6 Å². The van der Waals surface area contributed by atoms with Crippen LogP contribution in [0.25, 0.3) is 0 Å². The Balaban J connectivity index is 1.86. The van der Waals surface area contributed by atoms with E-state index in [1.54, 1.807) is 0 Å². The van der Waals surface area contributed by atoms with Gasteiger partial charge in [0.1, 0.15) is 0 Å². The summed E-state index contributed by atoms with van der Waals surface area (Å²) in [5.74, 6) is 0.733. The summed E-state index contributed by atoms with van der Waals surface area (Å²) in [6.07, 6.45) is 7.22. The minimum absolute atomic E-state index is 0.358. The van der Waals surface area contributed by atoms with Crippen molar-refractivity contribution in [3.05, 3.63) is 0 Å². The normalized spacial score (nSPS) is 26.6. The molecule has 2 aliphatic rings. The van der Waals surface area contributed by atoms with Crippen molar-refractivity contribution in [1.29, 1.82) is 0 Å². The highest BCUT2D eigenvalue weighted by atomic mass is 35.5. The van der Waals surface area contributed by atoms with Crippen molar-refractivity contribution >= 4 is 11.6 Å². The van der Waals surface area contributed by atoms with Crippen molar-refractivity contribution < 1.29 is 4.74 Å². The van der Waals surface area contributed by atoms with Crippen LogP contribution in [0.4, 0.5) is 0 Å². The molecule has 1 saturated carbocycles. The molecule has 1 aliphatic heterocycles. The number of alkyl halides is 1. The standard InChI is InChI=1S/C16H31ClN2O/c1-14(2)18-10-11-20-16(12-18)13-19(9-8-17)15-6-4-3-5-7-15/h14-16H,3-13H2,1-2H3. The van der Waals surface area contributed by atoms with E-state index in [1.165, 1.54) is 32.1 Å². The van der Waals surface area contributed by atoms with Crippen molar-refractivity contribution in [2.45, 2.75) is 64.1 Å². The maximum atomic E-state index is 6.02. The second-order valence-corrected chi connectivity index (χ2v) is 6.94. The molecule has 1 unspecified atom stereocenters. The van der Waals surface area contributed by atoms with Crippen LogP contribution in [0, 0.1) is 0 Å². The minimum Gasteiger partial charge on any atom is -0.374 e. The maximum Gasteiger partial charge on any atom is 0.0829 e. The second-order valence-electron chi connectivity index (χ2n) is 6.56. The Morgan fingerprint density at radius 2 is 2.00 bits per heavy atom. The fraction of sp³-hybridized carbons (Fsp3) is 1.00. The highest BCUT2D eigenvalue weighted by Crippen LogP contribution is 2.23. The van der Waals surface area contributed by atoms with E-state index >= 15 is 0 Å². The molecule has 1 saturated heterocycles. The third-order valence-electron chi connectivity index (χ3n) is 4.80. The number of ether oxygens (including phenoxy) is 1. The van der Waals surface area contributed by atoms with Crippen molar-refractivity contribution in [3.63, 3.8) is 0 Å². The van der Waals surface area contributed by atoms with Gasteiger partial charge in [-0.3, -0.25) is 9.80 Å². The Hall–Kier alpha value is 0.170. The fourth-order valence-electron chi connectivity index (χ4n) is 3.56. The van der Waals surface area contributed by atoms with Gasteiger partial charge in [-0.05, 0) is 26.7 Å². The molecule has 0 radical (unpaired) electrons. The molecule has 2 fully saturated rings. The number of halogens is 1. The summed E-state index contributed by atoms with van der Waals surface area (Å²) in [4.78, 5) is 5.13. The van der Waals surface area contributed by atoms with E-state index in [0.29, 0.717) is 12.1 Å². The molecule has 0 bridgehead atoms. The first-order valence-corrected chi connectivity index (χ1v) is 8.90. The van der Waals surface area contributed by atoms with Crippen molar-refractivity contribution in [2.75, 3.05) is 38.7 Å². The molecule has 20 heavy (non-hydrogen) atoms. The third kappa shape index (κ3) is 4.87. The molecule has 0 spiro atoms. The summed E-state index contributed by atoms with van der Waals surface area (Å²) < 4.78 is 6.00. The average Bonchev–Trinajstić information content (AvgIpc) is 2.48. The molecule has 1 heterocycles. The average molecular weight is 303 g/mol. The number of hydrogen-bond donors (Lipinski definition) is 0. The maximum absolute atomic E-state index is 6.02. The molecular weight excluding hydrogens is 272 g/mol. The lowest BCUT2D eigenvalue weighted by Gasteiger charge is -2.40. The molecular formula is C16H31ClN2O. The van der Waals surface area contributed by atoms with Gasteiger partial charge in [0, 0.05) is 44.1 Å². The predicted molar refractivity (Wildman–Crippen MR) is 85.6 cm³/mol. The summed E-state index contributed by atoms with van der Waals surface area (Å²) in [5, 5.41) is 0. The van der Waals surface area contributed by atoms with Crippen molar-refractivity contribution in [1.82, 2.24) is 9.80 Å². The SMILES string of the molecule is CC(C)N1CCOC(CN(CCCl)C2CCCCC2)C1. The zero-order valence-corrected chi connectivity index (χ0v) is 13.9. The molecule has 0 aromatic heterocycles. The van der Waals surface area contributed by atoms with Crippen LogP contribution >= 0.6 is 11.6 Å². The molecule has 1 aliphatic carbocycles. The number of nitrogens with zero attached hydrogens (tertiary/aromatic N) is 2. The van der Waals surface area contributed by atoms with Gasteiger partial charge in [0.05, 0.1) is 12.7 Å². The van der Waals surface area contributed by atoms with Gasteiger partial charge in [0.15, 0.2) is 0 Å². The quantitative estimate of drug-likeness (QED) is 0.702. The summed E-state index contributed by atoms with van der Waals surface area (Å²) in [6, 6.07) is 1.36. The lowest BCUT2D eigenvalue weighted by molar-refractivity contribution is -0.0578. The number of morpholine rings is 1. The van der Waals surface area contributed by atoms with Crippen molar-refractivity contribution in [2.24, 2.45) is 0 Å². The molecule has 0 N–H and O–H groups in total. The van der Waals surface area contributed by atoms with Gasteiger partial charge in [-0.2, -0.15) is 0 Å². The first-order valence-electron chi connectivity index (χ1n) is 8.36. The first-order chi connectivity index (χ1) is 9.70. The van der Waals surface area contributed by atoms with E-state index in [9.17, 15) is 0 Å². The monoisotopic (exact) mass is 302 g/mol.